The minimum atomic E-state index is -1.19. The van der Waals surface area contributed by atoms with Crippen molar-refractivity contribution in [3.63, 3.8) is 0 Å². The molecule has 1 aliphatic carbocycles. The van der Waals surface area contributed by atoms with Crippen molar-refractivity contribution in [2.45, 2.75) is 31.6 Å². The lowest BCUT2D eigenvalue weighted by Crippen LogP contribution is -2.38. The number of ketones is 3. The quantitative estimate of drug-likeness (QED) is 0.588. The van der Waals surface area contributed by atoms with E-state index in [1.807, 2.05) is 12.1 Å². The Hall–Kier alpha value is -3.15. The van der Waals surface area contributed by atoms with Gasteiger partial charge in [-0.2, -0.15) is 0 Å². The molecule has 0 aromatic heterocycles. The second kappa shape index (κ2) is 8.25. The molecule has 0 radical (unpaired) electrons. The number of methoxy groups -OCH3 is 1. The van der Waals surface area contributed by atoms with E-state index in [9.17, 15) is 24.6 Å². The fraction of sp³-hybridized carbons (Fsp3) is 0.318. The second-order valence-corrected chi connectivity index (χ2v) is 7.03. The summed E-state index contributed by atoms with van der Waals surface area (Å²) in [6.45, 7) is 0. The van der Waals surface area contributed by atoms with E-state index >= 15 is 0 Å². The van der Waals surface area contributed by atoms with Crippen LogP contribution >= 0.6 is 0 Å². The molecule has 6 nitrogen and oxygen atoms in total. The largest absolute Gasteiger partial charge is 0.504 e. The normalized spacial score (nSPS) is 19.5. The number of phenolic OH excluding ortho intramolecular Hbond substituents is 2. The van der Waals surface area contributed by atoms with Crippen LogP contribution in [0, 0.1) is 5.92 Å². The summed E-state index contributed by atoms with van der Waals surface area (Å²) in [5.41, 5.74) is 1.53. The van der Waals surface area contributed by atoms with Crippen LogP contribution in [0.3, 0.4) is 0 Å². The van der Waals surface area contributed by atoms with E-state index in [1.165, 1.54) is 12.1 Å². The van der Waals surface area contributed by atoms with Gasteiger partial charge in [-0.1, -0.05) is 18.2 Å². The van der Waals surface area contributed by atoms with Crippen molar-refractivity contribution in [2.75, 3.05) is 7.11 Å². The second-order valence-electron chi connectivity index (χ2n) is 7.03. The van der Waals surface area contributed by atoms with Crippen LogP contribution in [0.4, 0.5) is 0 Å². The molecule has 0 spiro atoms. The summed E-state index contributed by atoms with van der Waals surface area (Å²) in [5, 5.41) is 18.8. The maximum atomic E-state index is 12.5. The zero-order valence-electron chi connectivity index (χ0n) is 15.6. The van der Waals surface area contributed by atoms with Gasteiger partial charge in [-0.3, -0.25) is 14.4 Å². The number of Topliss-reactive ketones (excluding diaryl/α,β-unsaturated/α-hetero) is 3. The van der Waals surface area contributed by atoms with Crippen molar-refractivity contribution in [1.82, 2.24) is 0 Å². The van der Waals surface area contributed by atoms with Crippen LogP contribution in [-0.2, 0) is 20.8 Å². The Balaban J connectivity index is 1.63. The molecule has 0 heterocycles. The highest BCUT2D eigenvalue weighted by molar-refractivity contribution is 6.21. The first-order valence-electron chi connectivity index (χ1n) is 9.12. The number of rotatable bonds is 6. The molecule has 0 bridgehead atoms. The van der Waals surface area contributed by atoms with Gasteiger partial charge in [0.15, 0.2) is 28.8 Å². The van der Waals surface area contributed by atoms with Crippen LogP contribution in [0.2, 0.25) is 0 Å². The maximum Gasteiger partial charge on any atom is 0.157 e. The van der Waals surface area contributed by atoms with Crippen molar-refractivity contribution in [1.29, 1.82) is 0 Å². The molecule has 0 aliphatic heterocycles. The number of hydrogen-bond acceptors (Lipinski definition) is 6. The van der Waals surface area contributed by atoms with Crippen molar-refractivity contribution in [3.05, 3.63) is 53.6 Å². The molecule has 1 aliphatic rings. The highest BCUT2D eigenvalue weighted by Crippen LogP contribution is 2.33. The summed E-state index contributed by atoms with van der Waals surface area (Å²) >= 11 is 0. The summed E-state index contributed by atoms with van der Waals surface area (Å²) in [4.78, 5) is 37.5. The van der Waals surface area contributed by atoms with Crippen LogP contribution in [0.1, 0.15) is 36.3 Å². The SMILES string of the molecule is COc1ccc(C2CC(=O)C(C(=O)CCc3ccc(O)c(O)c3)C(=O)C2)cc1. The van der Waals surface area contributed by atoms with Gasteiger partial charge >= 0.3 is 0 Å². The lowest BCUT2D eigenvalue weighted by molar-refractivity contribution is -0.142. The molecular formula is C22H22O6. The summed E-state index contributed by atoms with van der Waals surface area (Å²) < 4.78 is 5.12. The number of benzene rings is 2. The van der Waals surface area contributed by atoms with Gasteiger partial charge in [-0.25, -0.2) is 0 Å². The molecule has 2 aromatic carbocycles. The average molecular weight is 382 g/mol. The molecule has 1 saturated carbocycles. The Morgan fingerprint density at radius 1 is 1.00 bits per heavy atom. The molecule has 3 rings (SSSR count). The number of carbonyl (C=O) groups excluding carboxylic acids is 3. The highest BCUT2D eigenvalue weighted by atomic mass is 16.5. The van der Waals surface area contributed by atoms with Crippen LogP contribution in [0.15, 0.2) is 42.5 Å². The predicted molar refractivity (Wildman–Crippen MR) is 102 cm³/mol. The maximum absolute atomic E-state index is 12.5. The van der Waals surface area contributed by atoms with Crippen LogP contribution < -0.4 is 4.74 Å². The summed E-state index contributed by atoms with van der Waals surface area (Å²) in [6, 6.07) is 11.5. The predicted octanol–water partition coefficient (Wildman–Crippen LogP) is 2.94. The topological polar surface area (TPSA) is 101 Å². The zero-order chi connectivity index (χ0) is 20.3. The molecule has 0 unspecified atom stereocenters. The molecule has 146 valence electrons. The van der Waals surface area contributed by atoms with Gasteiger partial charge in [0.2, 0.25) is 0 Å². The Labute approximate surface area is 162 Å². The molecular weight excluding hydrogens is 360 g/mol. The van der Waals surface area contributed by atoms with Crippen molar-refractivity contribution in [3.8, 4) is 17.2 Å². The van der Waals surface area contributed by atoms with Gasteiger partial charge in [0, 0.05) is 19.3 Å². The van der Waals surface area contributed by atoms with E-state index in [-0.39, 0.29) is 54.7 Å². The molecule has 0 saturated heterocycles. The van der Waals surface area contributed by atoms with Crippen molar-refractivity contribution in [2.24, 2.45) is 5.92 Å². The third kappa shape index (κ3) is 4.22. The molecule has 28 heavy (non-hydrogen) atoms. The minimum Gasteiger partial charge on any atom is -0.504 e. The standard InChI is InChI=1S/C22H22O6/c1-28-16-6-4-14(5-7-16)15-11-20(26)22(21(27)12-15)18(24)9-3-13-2-8-17(23)19(25)10-13/h2,4-8,10,15,22-23,25H,3,9,11-12H2,1H3. The molecule has 0 amide bonds. The monoisotopic (exact) mass is 382 g/mol. The van der Waals surface area contributed by atoms with Gasteiger partial charge in [0.05, 0.1) is 7.11 Å². The highest BCUT2D eigenvalue weighted by Gasteiger charge is 2.39. The van der Waals surface area contributed by atoms with E-state index in [0.29, 0.717) is 11.3 Å². The Morgan fingerprint density at radius 3 is 2.21 bits per heavy atom. The van der Waals surface area contributed by atoms with Gasteiger partial charge in [-0.05, 0) is 47.7 Å². The number of hydrogen-bond donors (Lipinski definition) is 2. The smallest absolute Gasteiger partial charge is 0.157 e. The van der Waals surface area contributed by atoms with E-state index in [4.69, 9.17) is 4.74 Å². The van der Waals surface area contributed by atoms with Crippen LogP contribution in [-0.4, -0.2) is 34.7 Å². The number of carbonyl (C=O) groups is 3. The Bertz CT molecular complexity index is 882. The van der Waals surface area contributed by atoms with E-state index in [2.05, 4.69) is 0 Å². The number of phenols is 2. The van der Waals surface area contributed by atoms with E-state index in [1.54, 1.807) is 25.3 Å². The van der Waals surface area contributed by atoms with Gasteiger partial charge in [0.1, 0.15) is 11.7 Å². The number of aromatic hydroxyl groups is 2. The first-order valence-corrected chi connectivity index (χ1v) is 9.12. The average Bonchev–Trinajstić information content (AvgIpc) is 2.68. The zero-order valence-corrected chi connectivity index (χ0v) is 15.6. The van der Waals surface area contributed by atoms with Crippen molar-refractivity contribution >= 4 is 17.3 Å². The Kier molecular flexibility index (Phi) is 5.78. The van der Waals surface area contributed by atoms with E-state index < -0.39 is 11.7 Å². The number of aryl methyl sites for hydroxylation is 1. The van der Waals surface area contributed by atoms with Crippen molar-refractivity contribution < 1.29 is 29.3 Å². The van der Waals surface area contributed by atoms with Crippen LogP contribution in [0.25, 0.3) is 0 Å². The Morgan fingerprint density at radius 2 is 1.64 bits per heavy atom. The number of ether oxygens (including phenoxy) is 1. The minimum absolute atomic E-state index is 0.0273. The summed E-state index contributed by atoms with van der Waals surface area (Å²) in [6.07, 6.45) is 0.633. The van der Waals surface area contributed by atoms with Gasteiger partial charge in [0.25, 0.3) is 0 Å². The molecule has 2 aromatic rings. The first-order chi connectivity index (χ1) is 13.4. The molecule has 0 atom stereocenters. The van der Waals surface area contributed by atoms with Crippen LogP contribution in [0.5, 0.6) is 17.2 Å². The third-order valence-electron chi connectivity index (χ3n) is 5.15. The first kappa shape index (κ1) is 19.6. The molecule has 2 N–H and O–H groups in total. The van der Waals surface area contributed by atoms with E-state index in [0.717, 1.165) is 5.56 Å². The van der Waals surface area contributed by atoms with Gasteiger partial charge in [-0.15, -0.1) is 0 Å². The third-order valence-corrected chi connectivity index (χ3v) is 5.15. The summed E-state index contributed by atoms with van der Waals surface area (Å²) in [7, 11) is 1.57. The van der Waals surface area contributed by atoms with Gasteiger partial charge < -0.3 is 14.9 Å². The fourth-order valence-electron chi connectivity index (χ4n) is 3.58. The lowest BCUT2D eigenvalue weighted by Gasteiger charge is -2.26. The fourth-order valence-corrected chi connectivity index (χ4v) is 3.58. The lowest BCUT2D eigenvalue weighted by atomic mass is 9.74. The molecule has 6 heteroatoms. The summed E-state index contributed by atoms with van der Waals surface area (Å²) in [5.74, 6) is -2.29. The molecule has 1 fully saturated rings.